The second-order valence-electron chi connectivity index (χ2n) is 4.98. The number of allylic oxidation sites excluding steroid dienone is 1. The summed E-state index contributed by atoms with van der Waals surface area (Å²) in [4.78, 5) is 20.0. The molecule has 19 heavy (non-hydrogen) atoms. The highest BCUT2D eigenvalue weighted by molar-refractivity contribution is 7.14. The molecule has 1 heterocycles. The van der Waals surface area contributed by atoms with Gasteiger partial charge in [-0.05, 0) is 19.7 Å². The molecule has 0 unspecified atom stereocenters. The summed E-state index contributed by atoms with van der Waals surface area (Å²) in [5.74, 6) is -0.197. The summed E-state index contributed by atoms with van der Waals surface area (Å²) < 4.78 is 0. The number of amides is 1. The molecule has 1 rings (SSSR count). The lowest BCUT2D eigenvalue weighted by molar-refractivity contribution is -0.112. The highest BCUT2D eigenvalue weighted by Gasteiger charge is 2.18. The normalized spacial score (nSPS) is 12.7. The standard InChI is InChI=1S/C14H19N3OS/c1-6-10(7-8-15-5)12(18)17-13-16-11(9-19-13)14(2,3)4/h6-9H,5H2,1-4H3,(H,16,17,18)/b8-7-,10-6+. The van der Waals surface area contributed by atoms with Crippen molar-refractivity contribution in [3.63, 3.8) is 0 Å². The third kappa shape index (κ3) is 4.44. The number of hydrogen-bond acceptors (Lipinski definition) is 4. The van der Waals surface area contributed by atoms with Crippen molar-refractivity contribution in [2.45, 2.75) is 33.1 Å². The minimum Gasteiger partial charge on any atom is -0.298 e. The van der Waals surface area contributed by atoms with Crippen LogP contribution in [-0.4, -0.2) is 17.6 Å². The number of aliphatic imine (C=N–C) groups is 1. The maximum atomic E-state index is 12.0. The second-order valence-corrected chi connectivity index (χ2v) is 5.84. The Morgan fingerprint density at radius 1 is 1.53 bits per heavy atom. The van der Waals surface area contributed by atoms with E-state index < -0.39 is 0 Å². The average Bonchev–Trinajstić information content (AvgIpc) is 2.78. The molecule has 1 N–H and O–H groups in total. The smallest absolute Gasteiger partial charge is 0.257 e. The Morgan fingerprint density at radius 3 is 2.68 bits per heavy atom. The first-order valence-corrected chi connectivity index (χ1v) is 6.82. The van der Waals surface area contributed by atoms with Crippen LogP contribution in [0, 0.1) is 0 Å². The number of nitrogens with one attached hydrogen (secondary N) is 1. The van der Waals surface area contributed by atoms with Gasteiger partial charge in [-0.25, -0.2) is 4.98 Å². The molecule has 102 valence electrons. The lowest BCUT2D eigenvalue weighted by atomic mass is 9.93. The van der Waals surface area contributed by atoms with Crippen LogP contribution in [0.25, 0.3) is 0 Å². The number of rotatable bonds is 4. The quantitative estimate of drug-likeness (QED) is 0.520. The summed E-state index contributed by atoms with van der Waals surface area (Å²) in [6.45, 7) is 11.4. The molecule has 1 aromatic heterocycles. The molecule has 0 atom stereocenters. The third-order valence-electron chi connectivity index (χ3n) is 2.43. The fourth-order valence-electron chi connectivity index (χ4n) is 1.28. The van der Waals surface area contributed by atoms with Crippen molar-refractivity contribution < 1.29 is 4.79 Å². The Kier molecular flexibility index (Phi) is 5.18. The van der Waals surface area contributed by atoms with Crippen molar-refractivity contribution in [2.24, 2.45) is 4.99 Å². The number of thiazole rings is 1. The van der Waals surface area contributed by atoms with E-state index in [1.54, 1.807) is 19.1 Å². The van der Waals surface area contributed by atoms with E-state index in [4.69, 9.17) is 0 Å². The molecule has 0 saturated heterocycles. The first-order valence-electron chi connectivity index (χ1n) is 5.94. The Labute approximate surface area is 118 Å². The molecule has 0 saturated carbocycles. The van der Waals surface area contributed by atoms with Crippen LogP contribution < -0.4 is 5.32 Å². The number of anilines is 1. The molecule has 1 aromatic rings. The number of carbonyl (C=O) groups excluding carboxylic acids is 1. The van der Waals surface area contributed by atoms with E-state index in [1.807, 2.05) is 5.38 Å². The fourth-order valence-corrected chi connectivity index (χ4v) is 2.21. The Bertz CT molecular complexity index is 521. The molecular weight excluding hydrogens is 258 g/mol. The minimum absolute atomic E-state index is 0.0183. The van der Waals surface area contributed by atoms with E-state index in [-0.39, 0.29) is 11.3 Å². The van der Waals surface area contributed by atoms with Crippen LogP contribution in [0.1, 0.15) is 33.4 Å². The molecular formula is C14H19N3OS. The van der Waals surface area contributed by atoms with Gasteiger partial charge in [-0.15, -0.1) is 11.3 Å². The van der Waals surface area contributed by atoms with Gasteiger partial charge < -0.3 is 0 Å². The van der Waals surface area contributed by atoms with Gasteiger partial charge in [-0.3, -0.25) is 15.1 Å². The summed E-state index contributed by atoms with van der Waals surface area (Å²) >= 11 is 1.43. The molecule has 4 nitrogen and oxygen atoms in total. The number of carbonyl (C=O) groups is 1. The maximum Gasteiger partial charge on any atom is 0.257 e. The highest BCUT2D eigenvalue weighted by Crippen LogP contribution is 2.26. The van der Waals surface area contributed by atoms with Gasteiger partial charge in [0.05, 0.1) is 5.69 Å². The van der Waals surface area contributed by atoms with Gasteiger partial charge in [0.2, 0.25) is 0 Å². The van der Waals surface area contributed by atoms with E-state index >= 15 is 0 Å². The third-order valence-corrected chi connectivity index (χ3v) is 3.18. The topological polar surface area (TPSA) is 54.4 Å². The van der Waals surface area contributed by atoms with Gasteiger partial charge in [0.25, 0.3) is 5.91 Å². The van der Waals surface area contributed by atoms with Gasteiger partial charge >= 0.3 is 0 Å². The van der Waals surface area contributed by atoms with Crippen LogP contribution in [-0.2, 0) is 10.2 Å². The van der Waals surface area contributed by atoms with Crippen LogP contribution in [0.15, 0.2) is 34.3 Å². The van der Waals surface area contributed by atoms with Crippen LogP contribution in [0.5, 0.6) is 0 Å². The zero-order chi connectivity index (χ0) is 14.5. The van der Waals surface area contributed by atoms with E-state index in [0.29, 0.717) is 10.7 Å². The largest absolute Gasteiger partial charge is 0.298 e. The van der Waals surface area contributed by atoms with E-state index in [0.717, 1.165) is 5.69 Å². The van der Waals surface area contributed by atoms with Crippen LogP contribution in [0.4, 0.5) is 5.13 Å². The molecule has 0 radical (unpaired) electrons. The molecule has 0 fully saturated rings. The minimum atomic E-state index is -0.197. The number of nitrogens with zero attached hydrogens (tertiary/aromatic N) is 2. The Hall–Kier alpha value is -1.75. The summed E-state index contributed by atoms with van der Waals surface area (Å²) in [5, 5.41) is 5.35. The van der Waals surface area contributed by atoms with Crippen molar-refractivity contribution in [2.75, 3.05) is 5.32 Å². The van der Waals surface area contributed by atoms with Gasteiger partial charge in [0, 0.05) is 22.6 Å². The van der Waals surface area contributed by atoms with E-state index in [9.17, 15) is 4.79 Å². The van der Waals surface area contributed by atoms with E-state index in [1.165, 1.54) is 17.5 Å². The molecule has 1 amide bonds. The summed E-state index contributed by atoms with van der Waals surface area (Å²) in [6.07, 6.45) is 4.81. The second kappa shape index (κ2) is 6.43. The maximum absolute atomic E-state index is 12.0. The lowest BCUT2D eigenvalue weighted by Gasteiger charge is -2.14. The summed E-state index contributed by atoms with van der Waals surface area (Å²) in [7, 11) is 0. The lowest BCUT2D eigenvalue weighted by Crippen LogP contribution is -2.15. The van der Waals surface area contributed by atoms with Crippen LogP contribution in [0.3, 0.4) is 0 Å². The summed E-state index contributed by atoms with van der Waals surface area (Å²) in [6, 6.07) is 0. The number of hydrogen-bond donors (Lipinski definition) is 1. The molecule has 0 aliphatic carbocycles. The van der Waals surface area contributed by atoms with Gasteiger partial charge in [-0.1, -0.05) is 26.8 Å². The molecule has 0 spiro atoms. The van der Waals surface area contributed by atoms with Crippen molar-refractivity contribution in [3.8, 4) is 0 Å². The first kappa shape index (κ1) is 15.3. The fraction of sp³-hybridized carbons (Fsp3) is 0.357. The zero-order valence-electron chi connectivity index (χ0n) is 11.7. The van der Waals surface area contributed by atoms with Crippen LogP contribution >= 0.6 is 11.3 Å². The van der Waals surface area contributed by atoms with Crippen molar-refractivity contribution in [1.29, 1.82) is 0 Å². The van der Waals surface area contributed by atoms with Crippen molar-refractivity contribution in [3.05, 3.63) is 35.0 Å². The predicted octanol–water partition coefficient (Wildman–Crippen LogP) is 3.54. The van der Waals surface area contributed by atoms with Gasteiger partial charge in [0.1, 0.15) is 0 Å². The van der Waals surface area contributed by atoms with Gasteiger partial charge in [-0.2, -0.15) is 0 Å². The van der Waals surface area contributed by atoms with Gasteiger partial charge in [0.15, 0.2) is 5.13 Å². The zero-order valence-corrected chi connectivity index (χ0v) is 12.5. The molecule has 0 bridgehead atoms. The van der Waals surface area contributed by atoms with Crippen molar-refractivity contribution in [1.82, 2.24) is 4.98 Å². The highest BCUT2D eigenvalue weighted by atomic mass is 32.1. The van der Waals surface area contributed by atoms with Crippen molar-refractivity contribution >= 4 is 29.1 Å². The summed E-state index contributed by atoms with van der Waals surface area (Å²) in [5.41, 5.74) is 1.48. The SMILES string of the molecule is C=N/C=C\C(=C/C)C(=O)Nc1nc(C(C)(C)C)cs1. The molecule has 0 aromatic carbocycles. The monoisotopic (exact) mass is 277 g/mol. The molecule has 0 aliphatic rings. The Balaban J connectivity index is 2.80. The molecule has 0 aliphatic heterocycles. The predicted molar refractivity (Wildman–Crippen MR) is 81.9 cm³/mol. The molecule has 5 heteroatoms. The Morgan fingerprint density at radius 2 is 2.21 bits per heavy atom. The first-order chi connectivity index (χ1) is 8.88. The number of aromatic nitrogens is 1. The average molecular weight is 277 g/mol. The van der Waals surface area contributed by atoms with Crippen LogP contribution in [0.2, 0.25) is 0 Å². The van der Waals surface area contributed by atoms with E-state index in [2.05, 4.69) is 42.8 Å².